The van der Waals surface area contributed by atoms with Crippen molar-refractivity contribution in [3.8, 4) is 22.4 Å². The zero-order chi connectivity index (χ0) is 39.5. The number of carboxylic acid groups (broad SMARTS) is 1. The second-order valence-electron chi connectivity index (χ2n) is 14.3. The van der Waals surface area contributed by atoms with Crippen molar-refractivity contribution in [1.82, 2.24) is 40.4 Å². The molecule has 2 aliphatic heterocycles. The van der Waals surface area contributed by atoms with Crippen molar-refractivity contribution >= 4 is 35.0 Å². The number of aromatic amines is 2. The Morgan fingerprint density at radius 1 is 0.719 bits per heavy atom. The first-order chi connectivity index (χ1) is 27.8. The molecule has 8 rings (SSSR count). The normalized spacial score (nSPS) is 17.6. The predicted molar refractivity (Wildman–Crippen MR) is 212 cm³/mol. The van der Waals surface area contributed by atoms with Gasteiger partial charge in [0.25, 0.3) is 11.8 Å². The molecule has 0 aliphatic carbocycles. The highest BCUT2D eigenvalue weighted by Gasteiger charge is 2.38. The molecule has 0 bridgehead atoms. The van der Waals surface area contributed by atoms with E-state index in [1.165, 1.54) is 7.11 Å². The summed E-state index contributed by atoms with van der Waals surface area (Å²) < 4.78 is 4.83. The highest BCUT2D eigenvalue weighted by molar-refractivity contribution is 5.88. The minimum atomic E-state index is -1.26. The van der Waals surface area contributed by atoms with E-state index >= 15 is 0 Å². The van der Waals surface area contributed by atoms with Crippen LogP contribution in [-0.4, -0.2) is 79.0 Å². The number of fused-ring (bicyclic) bond motifs is 1. The standard InChI is InChI=1S/C43H42N8O6/c1-57-43(56)49-37(29-12-6-3-7-13-29)41(53)51-23-9-15-35(51)39-45-31-21-20-30(24-32(31)46-39)26-16-18-27(19-17-26)33-25-44-38(47-33)34-14-8-22-50(34)40(52)36(48-42(54)55)28-10-4-2-5-11-28/h2-7,10-13,16-21,24-25,34-37,48H,8-9,14-15,22-23H2,1H3,(H,44,47)(H,45,46)(H,49,56)(H,54,55)/t34-,35-,36?,37+/m0/s1. The van der Waals surface area contributed by atoms with Crippen molar-refractivity contribution in [3.63, 3.8) is 0 Å². The highest BCUT2D eigenvalue weighted by atomic mass is 16.5. The van der Waals surface area contributed by atoms with Gasteiger partial charge in [-0.1, -0.05) is 91.0 Å². The fourth-order valence-electron chi connectivity index (χ4n) is 7.99. The number of carbonyl (C=O) groups is 4. The van der Waals surface area contributed by atoms with Gasteiger partial charge in [-0.25, -0.2) is 19.6 Å². The molecule has 2 fully saturated rings. The van der Waals surface area contributed by atoms with Crippen LogP contribution in [0.4, 0.5) is 9.59 Å². The molecule has 4 heterocycles. The van der Waals surface area contributed by atoms with Crippen LogP contribution in [0, 0.1) is 0 Å². The first-order valence-corrected chi connectivity index (χ1v) is 19.0. The number of nitrogens with one attached hydrogen (secondary N) is 4. The maximum atomic E-state index is 14.0. The van der Waals surface area contributed by atoms with E-state index in [4.69, 9.17) is 9.72 Å². The molecule has 2 saturated heterocycles. The Kier molecular flexibility index (Phi) is 10.4. The van der Waals surface area contributed by atoms with Gasteiger partial charge in [0, 0.05) is 13.1 Å². The second-order valence-corrected chi connectivity index (χ2v) is 14.3. The number of ether oxygens (including phenoxy) is 1. The van der Waals surface area contributed by atoms with Crippen LogP contribution < -0.4 is 10.6 Å². The number of nitrogens with zero attached hydrogens (tertiary/aromatic N) is 4. The largest absolute Gasteiger partial charge is 0.465 e. The summed E-state index contributed by atoms with van der Waals surface area (Å²) in [6.45, 7) is 1.04. The van der Waals surface area contributed by atoms with E-state index in [0.29, 0.717) is 42.3 Å². The van der Waals surface area contributed by atoms with Crippen LogP contribution >= 0.6 is 0 Å². The molecule has 1 unspecified atom stereocenters. The summed E-state index contributed by atoms with van der Waals surface area (Å²) in [7, 11) is 1.27. The molecule has 4 aromatic carbocycles. The third kappa shape index (κ3) is 7.66. The highest BCUT2D eigenvalue weighted by Crippen LogP contribution is 2.36. The summed E-state index contributed by atoms with van der Waals surface area (Å²) in [5, 5.41) is 14.6. The average Bonchev–Trinajstić information content (AvgIpc) is 4.08. The smallest absolute Gasteiger partial charge is 0.407 e. The lowest BCUT2D eigenvalue weighted by molar-refractivity contribution is -0.135. The van der Waals surface area contributed by atoms with Gasteiger partial charge < -0.3 is 40.2 Å². The molecular formula is C43H42N8O6. The summed E-state index contributed by atoms with van der Waals surface area (Å²) in [4.78, 5) is 71.5. The van der Waals surface area contributed by atoms with E-state index < -0.39 is 24.3 Å². The fraction of sp³-hybridized carbons (Fsp3) is 0.256. The Morgan fingerprint density at radius 3 is 1.88 bits per heavy atom. The van der Waals surface area contributed by atoms with Gasteiger partial charge in [0.05, 0.1) is 42.1 Å². The lowest BCUT2D eigenvalue weighted by Gasteiger charge is -2.28. The SMILES string of the molecule is COC(=O)N[C@@H](C(=O)N1CCC[C@H]1c1nc2ccc(-c3ccc(-c4cnc([C@@H]5CCCN5C(=O)C(NC(=O)O)c5ccccc5)[nH]4)cc3)cc2[nH]1)c1ccccc1. The van der Waals surface area contributed by atoms with Crippen molar-refractivity contribution in [2.45, 2.75) is 49.9 Å². The minimum absolute atomic E-state index is 0.224. The molecular weight excluding hydrogens is 725 g/mol. The molecule has 4 atom stereocenters. The van der Waals surface area contributed by atoms with Crippen LogP contribution in [-0.2, 0) is 14.3 Å². The molecule has 57 heavy (non-hydrogen) atoms. The Morgan fingerprint density at radius 2 is 1.28 bits per heavy atom. The molecule has 4 amide bonds. The molecule has 0 radical (unpaired) electrons. The van der Waals surface area contributed by atoms with Crippen LogP contribution in [0.3, 0.4) is 0 Å². The number of alkyl carbamates (subject to hydrolysis) is 1. The number of aromatic nitrogens is 4. The van der Waals surface area contributed by atoms with E-state index in [2.05, 4.69) is 31.7 Å². The van der Waals surface area contributed by atoms with Gasteiger partial charge in [-0.15, -0.1) is 0 Å². The van der Waals surface area contributed by atoms with Crippen LogP contribution in [0.1, 0.15) is 72.6 Å². The molecule has 0 spiro atoms. The third-order valence-corrected chi connectivity index (χ3v) is 10.8. The van der Waals surface area contributed by atoms with Gasteiger partial charge >= 0.3 is 12.2 Å². The molecule has 2 aromatic heterocycles. The molecule has 0 saturated carbocycles. The van der Waals surface area contributed by atoms with E-state index in [1.807, 2.05) is 72.8 Å². The summed E-state index contributed by atoms with van der Waals surface area (Å²) in [6.07, 6.45) is 2.84. The van der Waals surface area contributed by atoms with Crippen molar-refractivity contribution in [2.75, 3.05) is 20.2 Å². The topological polar surface area (TPSA) is 186 Å². The second kappa shape index (κ2) is 16.0. The van der Waals surface area contributed by atoms with Crippen LogP contribution in [0.15, 0.2) is 109 Å². The Labute approximate surface area is 328 Å². The lowest BCUT2D eigenvalue weighted by atomic mass is 10.0. The maximum Gasteiger partial charge on any atom is 0.407 e. The van der Waals surface area contributed by atoms with Gasteiger partial charge in [0.1, 0.15) is 23.7 Å². The van der Waals surface area contributed by atoms with E-state index in [1.54, 1.807) is 40.3 Å². The van der Waals surface area contributed by atoms with E-state index in [0.717, 1.165) is 52.7 Å². The molecule has 6 aromatic rings. The van der Waals surface area contributed by atoms with E-state index in [-0.39, 0.29) is 23.9 Å². The number of imidazole rings is 2. The van der Waals surface area contributed by atoms with E-state index in [9.17, 15) is 24.3 Å². The predicted octanol–water partition coefficient (Wildman–Crippen LogP) is 7.05. The van der Waals surface area contributed by atoms with Gasteiger partial charge in [-0.05, 0) is 65.6 Å². The van der Waals surface area contributed by atoms with Crippen molar-refractivity contribution < 1.29 is 29.0 Å². The fourth-order valence-corrected chi connectivity index (χ4v) is 7.99. The maximum absolute atomic E-state index is 14.0. The minimum Gasteiger partial charge on any atom is -0.465 e. The van der Waals surface area contributed by atoms with Crippen molar-refractivity contribution in [1.29, 1.82) is 0 Å². The van der Waals surface area contributed by atoms with Gasteiger partial charge in [-0.3, -0.25) is 9.59 Å². The number of likely N-dealkylation sites (tertiary alicyclic amines) is 2. The zero-order valence-electron chi connectivity index (χ0n) is 31.2. The van der Waals surface area contributed by atoms with Crippen LogP contribution in [0.2, 0.25) is 0 Å². The van der Waals surface area contributed by atoms with Gasteiger partial charge in [0.15, 0.2) is 0 Å². The molecule has 5 N–H and O–H groups in total. The Balaban J connectivity index is 0.974. The van der Waals surface area contributed by atoms with Crippen LogP contribution in [0.25, 0.3) is 33.4 Å². The molecule has 14 heteroatoms. The zero-order valence-corrected chi connectivity index (χ0v) is 31.2. The monoisotopic (exact) mass is 766 g/mol. The number of carbonyl (C=O) groups excluding carboxylic acids is 3. The van der Waals surface area contributed by atoms with Crippen LogP contribution in [0.5, 0.6) is 0 Å². The average molecular weight is 767 g/mol. The lowest BCUT2D eigenvalue weighted by Crippen LogP contribution is -2.42. The van der Waals surface area contributed by atoms with Gasteiger partial charge in [0.2, 0.25) is 0 Å². The number of H-pyrrole nitrogens is 2. The number of methoxy groups -OCH3 is 1. The molecule has 2 aliphatic rings. The summed E-state index contributed by atoms with van der Waals surface area (Å²) in [5.74, 6) is 0.812. The first-order valence-electron chi connectivity index (χ1n) is 19.0. The third-order valence-electron chi connectivity index (χ3n) is 10.8. The number of hydrogen-bond acceptors (Lipinski definition) is 7. The Hall–Kier alpha value is -6.96. The molecule has 14 nitrogen and oxygen atoms in total. The Bertz CT molecular complexity index is 2400. The van der Waals surface area contributed by atoms with Crippen molar-refractivity contribution in [2.24, 2.45) is 0 Å². The molecule has 290 valence electrons. The quantitative estimate of drug-likeness (QED) is 0.0982. The first kappa shape index (κ1) is 37.0. The van der Waals surface area contributed by atoms with Crippen molar-refractivity contribution in [3.05, 3.63) is 132 Å². The number of benzene rings is 4. The summed E-state index contributed by atoms with van der Waals surface area (Å²) in [5.41, 5.74) is 6.61. The number of hydrogen-bond donors (Lipinski definition) is 5. The number of amides is 4. The summed E-state index contributed by atoms with van der Waals surface area (Å²) >= 11 is 0. The summed E-state index contributed by atoms with van der Waals surface area (Å²) in [6, 6.07) is 29.7. The van der Waals surface area contributed by atoms with Gasteiger partial charge in [-0.2, -0.15) is 0 Å². The number of rotatable bonds is 10.